The maximum Gasteiger partial charge on any atom is 0.0642 e. The minimum absolute atomic E-state index is 0.343. The Morgan fingerprint density at radius 3 is 2.31 bits per heavy atom. The summed E-state index contributed by atoms with van der Waals surface area (Å²) in [6.45, 7) is 14.6. The molecule has 1 aliphatic rings. The van der Waals surface area contributed by atoms with Gasteiger partial charge >= 0.3 is 0 Å². The molecule has 1 saturated heterocycles. The van der Waals surface area contributed by atoms with Crippen LogP contribution in [0.2, 0.25) is 0 Å². The van der Waals surface area contributed by atoms with Gasteiger partial charge in [-0.15, -0.1) is 0 Å². The van der Waals surface area contributed by atoms with Crippen molar-refractivity contribution < 1.29 is 4.74 Å². The molecule has 0 aromatic heterocycles. The first-order valence-electron chi connectivity index (χ1n) is 4.99. The van der Waals surface area contributed by atoms with Crippen LogP contribution in [0, 0.1) is 5.41 Å². The zero-order valence-electron chi connectivity index (χ0n) is 9.10. The van der Waals surface area contributed by atoms with Gasteiger partial charge in [0.15, 0.2) is 0 Å². The summed E-state index contributed by atoms with van der Waals surface area (Å²) >= 11 is 0. The molecule has 2 nitrogen and oxygen atoms in total. The zero-order valence-corrected chi connectivity index (χ0v) is 9.10. The first kappa shape index (κ1) is 10.6. The monoisotopic (exact) mass is 183 g/mol. The van der Waals surface area contributed by atoms with Crippen molar-refractivity contribution in [1.82, 2.24) is 4.90 Å². The highest BCUT2D eigenvalue weighted by Crippen LogP contribution is 2.25. The first-order valence-corrected chi connectivity index (χ1v) is 4.99. The fourth-order valence-electron chi connectivity index (χ4n) is 1.60. The fourth-order valence-corrected chi connectivity index (χ4v) is 1.60. The molecule has 0 spiro atoms. The molecule has 0 bridgehead atoms. The normalized spacial score (nSPS) is 18.8. The molecule has 13 heavy (non-hydrogen) atoms. The van der Waals surface area contributed by atoms with Gasteiger partial charge < -0.3 is 9.64 Å². The van der Waals surface area contributed by atoms with Gasteiger partial charge in [0, 0.05) is 18.8 Å². The lowest BCUT2D eigenvalue weighted by Gasteiger charge is -2.33. The summed E-state index contributed by atoms with van der Waals surface area (Å²) < 4.78 is 5.30. The largest absolute Gasteiger partial charge is 0.378 e. The van der Waals surface area contributed by atoms with E-state index in [1.165, 1.54) is 5.70 Å². The third kappa shape index (κ3) is 3.81. The summed E-state index contributed by atoms with van der Waals surface area (Å²) in [5, 5.41) is 0. The summed E-state index contributed by atoms with van der Waals surface area (Å²) in [6.07, 6.45) is 1.08. The molecular weight excluding hydrogens is 162 g/mol. The van der Waals surface area contributed by atoms with Crippen LogP contribution in [-0.2, 0) is 4.74 Å². The van der Waals surface area contributed by atoms with Crippen LogP contribution in [0.5, 0.6) is 0 Å². The predicted molar refractivity (Wildman–Crippen MR) is 55.6 cm³/mol. The summed E-state index contributed by atoms with van der Waals surface area (Å²) in [7, 11) is 0. The van der Waals surface area contributed by atoms with Gasteiger partial charge in [-0.2, -0.15) is 0 Å². The Kier molecular flexibility index (Phi) is 3.37. The highest BCUT2D eigenvalue weighted by molar-refractivity contribution is 4.97. The number of nitrogens with zero attached hydrogens (tertiary/aromatic N) is 1. The van der Waals surface area contributed by atoms with Gasteiger partial charge in [0.25, 0.3) is 0 Å². The van der Waals surface area contributed by atoms with E-state index < -0.39 is 0 Å². The Bertz CT molecular complexity index is 175. The van der Waals surface area contributed by atoms with Crippen LogP contribution in [0.1, 0.15) is 27.2 Å². The molecule has 0 N–H and O–H groups in total. The van der Waals surface area contributed by atoms with Crippen LogP contribution in [0.4, 0.5) is 0 Å². The summed E-state index contributed by atoms with van der Waals surface area (Å²) in [5.41, 5.74) is 1.60. The predicted octanol–water partition coefficient (Wildman–Crippen LogP) is 2.27. The second kappa shape index (κ2) is 4.14. The standard InChI is InChI=1S/C11H21NO/c1-10(9-11(2,3)4)12-5-7-13-8-6-12/h1,5-9H2,2-4H3. The molecule has 0 aromatic rings. The molecule has 0 radical (unpaired) electrons. The second-order valence-electron chi connectivity index (χ2n) is 4.90. The van der Waals surface area contributed by atoms with Gasteiger partial charge in [-0.25, -0.2) is 0 Å². The van der Waals surface area contributed by atoms with Crippen LogP contribution in [0.15, 0.2) is 12.3 Å². The molecule has 0 unspecified atom stereocenters. The first-order chi connectivity index (χ1) is 5.99. The van der Waals surface area contributed by atoms with E-state index in [1.807, 2.05) is 0 Å². The van der Waals surface area contributed by atoms with Crippen molar-refractivity contribution in [3.05, 3.63) is 12.3 Å². The maximum absolute atomic E-state index is 5.30. The molecule has 1 aliphatic heterocycles. The van der Waals surface area contributed by atoms with Gasteiger partial charge in [-0.3, -0.25) is 0 Å². The number of morpholine rings is 1. The maximum atomic E-state index is 5.30. The fraction of sp³-hybridized carbons (Fsp3) is 0.818. The topological polar surface area (TPSA) is 12.5 Å². The van der Waals surface area contributed by atoms with Crippen LogP contribution in [0.3, 0.4) is 0 Å². The number of allylic oxidation sites excluding steroid dienone is 1. The van der Waals surface area contributed by atoms with Crippen molar-refractivity contribution in [3.63, 3.8) is 0 Å². The molecule has 2 heteroatoms. The van der Waals surface area contributed by atoms with Crippen molar-refractivity contribution in [2.75, 3.05) is 26.3 Å². The van der Waals surface area contributed by atoms with E-state index in [-0.39, 0.29) is 0 Å². The van der Waals surface area contributed by atoms with Gasteiger partial charge in [-0.05, 0) is 11.8 Å². The third-order valence-corrected chi connectivity index (χ3v) is 2.19. The molecule has 1 rings (SSSR count). The Labute approximate surface area is 81.6 Å². The van der Waals surface area contributed by atoms with Crippen LogP contribution in [-0.4, -0.2) is 31.2 Å². The number of hydrogen-bond acceptors (Lipinski definition) is 2. The Morgan fingerprint density at radius 1 is 1.31 bits per heavy atom. The van der Waals surface area contributed by atoms with Crippen molar-refractivity contribution in [2.24, 2.45) is 5.41 Å². The summed E-state index contributed by atoms with van der Waals surface area (Å²) in [6, 6.07) is 0. The van der Waals surface area contributed by atoms with Crippen LogP contribution >= 0.6 is 0 Å². The number of ether oxygens (including phenoxy) is 1. The molecule has 0 aromatic carbocycles. The van der Waals surface area contributed by atoms with E-state index in [4.69, 9.17) is 4.74 Å². The molecule has 1 fully saturated rings. The Balaban J connectivity index is 2.38. The van der Waals surface area contributed by atoms with E-state index in [0.717, 1.165) is 32.7 Å². The lowest BCUT2D eigenvalue weighted by atomic mass is 9.90. The van der Waals surface area contributed by atoms with Gasteiger partial charge in [0.2, 0.25) is 0 Å². The zero-order chi connectivity index (χ0) is 9.90. The van der Waals surface area contributed by atoms with E-state index in [1.54, 1.807) is 0 Å². The molecule has 76 valence electrons. The highest BCUT2D eigenvalue weighted by atomic mass is 16.5. The van der Waals surface area contributed by atoms with E-state index >= 15 is 0 Å². The Morgan fingerprint density at radius 2 is 1.85 bits per heavy atom. The third-order valence-electron chi connectivity index (χ3n) is 2.19. The number of rotatable bonds is 2. The van der Waals surface area contributed by atoms with E-state index in [0.29, 0.717) is 5.41 Å². The van der Waals surface area contributed by atoms with E-state index in [9.17, 15) is 0 Å². The lowest BCUT2D eigenvalue weighted by Crippen LogP contribution is -2.36. The van der Waals surface area contributed by atoms with E-state index in [2.05, 4.69) is 32.3 Å². The molecule has 1 heterocycles. The van der Waals surface area contributed by atoms with Gasteiger partial charge in [0.1, 0.15) is 0 Å². The van der Waals surface area contributed by atoms with Crippen molar-refractivity contribution in [1.29, 1.82) is 0 Å². The summed E-state index contributed by atoms with van der Waals surface area (Å²) in [4.78, 5) is 2.34. The molecular formula is C11H21NO. The molecule has 0 saturated carbocycles. The average Bonchev–Trinajstić information content (AvgIpc) is 2.03. The van der Waals surface area contributed by atoms with Crippen LogP contribution in [0.25, 0.3) is 0 Å². The quantitative estimate of drug-likeness (QED) is 0.651. The second-order valence-corrected chi connectivity index (χ2v) is 4.90. The SMILES string of the molecule is C=C(CC(C)(C)C)N1CCOCC1. The summed E-state index contributed by atoms with van der Waals surface area (Å²) in [5.74, 6) is 0. The smallest absolute Gasteiger partial charge is 0.0642 e. The minimum atomic E-state index is 0.343. The molecule has 0 aliphatic carbocycles. The van der Waals surface area contributed by atoms with Crippen molar-refractivity contribution >= 4 is 0 Å². The van der Waals surface area contributed by atoms with Crippen molar-refractivity contribution in [3.8, 4) is 0 Å². The van der Waals surface area contributed by atoms with Gasteiger partial charge in [-0.1, -0.05) is 27.4 Å². The highest BCUT2D eigenvalue weighted by Gasteiger charge is 2.17. The average molecular weight is 183 g/mol. The Hall–Kier alpha value is -0.500. The molecule has 0 atom stereocenters. The number of hydrogen-bond donors (Lipinski definition) is 0. The minimum Gasteiger partial charge on any atom is -0.378 e. The lowest BCUT2D eigenvalue weighted by molar-refractivity contribution is 0.0500. The molecule has 0 amide bonds. The van der Waals surface area contributed by atoms with Crippen molar-refractivity contribution in [2.45, 2.75) is 27.2 Å². The van der Waals surface area contributed by atoms with Gasteiger partial charge in [0.05, 0.1) is 13.2 Å². The van der Waals surface area contributed by atoms with Crippen LogP contribution < -0.4 is 0 Å².